The molecule has 1 amide bonds. The number of amides is 1. The van der Waals surface area contributed by atoms with Crippen LogP contribution in [0, 0.1) is 6.92 Å². The Morgan fingerprint density at radius 1 is 1.14 bits per heavy atom. The normalized spacial score (nSPS) is 16.0. The van der Waals surface area contributed by atoms with Gasteiger partial charge in [0.05, 0.1) is 18.8 Å². The summed E-state index contributed by atoms with van der Waals surface area (Å²) in [7, 11) is 1.56. The predicted octanol–water partition coefficient (Wildman–Crippen LogP) is 4.46. The van der Waals surface area contributed by atoms with Gasteiger partial charge in [0.1, 0.15) is 5.75 Å². The fourth-order valence-corrected chi connectivity index (χ4v) is 3.71. The van der Waals surface area contributed by atoms with E-state index in [-0.39, 0.29) is 11.9 Å². The van der Waals surface area contributed by atoms with Gasteiger partial charge in [-0.25, -0.2) is 0 Å². The van der Waals surface area contributed by atoms with E-state index in [1.54, 1.807) is 13.2 Å². The molecule has 0 aromatic heterocycles. The first kappa shape index (κ1) is 20.8. The number of nitrogens with one attached hydrogen (secondary N) is 1. The Hall–Kier alpha value is -1.95. The van der Waals surface area contributed by atoms with Crippen molar-refractivity contribution in [2.24, 2.45) is 0 Å². The summed E-state index contributed by atoms with van der Waals surface area (Å²) in [6.45, 7) is 7.13. The molecule has 3 rings (SSSR count). The molecule has 0 unspecified atom stereocenters. The Bertz CT molecular complexity index is 852. The highest BCUT2D eigenvalue weighted by Gasteiger charge is 2.26. The summed E-state index contributed by atoms with van der Waals surface area (Å²) in [4.78, 5) is 17.3. The maximum absolute atomic E-state index is 12.8. The highest BCUT2D eigenvalue weighted by molar-refractivity contribution is 6.31. The van der Waals surface area contributed by atoms with Gasteiger partial charge in [0.25, 0.3) is 0 Å². The summed E-state index contributed by atoms with van der Waals surface area (Å²) >= 11 is 12.2. The molecule has 7 heteroatoms. The molecule has 0 saturated carbocycles. The van der Waals surface area contributed by atoms with E-state index in [9.17, 15) is 4.79 Å². The molecule has 0 aliphatic carbocycles. The van der Waals surface area contributed by atoms with Crippen molar-refractivity contribution in [3.05, 3.63) is 52.0 Å². The van der Waals surface area contributed by atoms with Crippen LogP contribution in [0.3, 0.4) is 0 Å². The summed E-state index contributed by atoms with van der Waals surface area (Å²) in [5.74, 6) is 0.498. The third kappa shape index (κ3) is 4.72. The van der Waals surface area contributed by atoms with E-state index in [4.69, 9.17) is 27.9 Å². The Morgan fingerprint density at radius 2 is 1.86 bits per heavy atom. The maximum Gasteiger partial charge on any atom is 0.241 e. The molecule has 5 nitrogen and oxygen atoms in total. The lowest BCUT2D eigenvalue weighted by Gasteiger charge is -2.38. The van der Waals surface area contributed by atoms with Gasteiger partial charge in [-0.05, 0) is 43.7 Å². The van der Waals surface area contributed by atoms with Crippen molar-refractivity contribution in [3.63, 3.8) is 0 Å². The third-order valence-corrected chi connectivity index (χ3v) is 5.80. The summed E-state index contributed by atoms with van der Waals surface area (Å²) < 4.78 is 5.35. The third-order valence-electron chi connectivity index (χ3n) is 5.15. The molecule has 1 atom stereocenters. The standard InChI is InChI=1S/C21H25Cl2N3O2/c1-14-11-19(20(28-3)13-18(14)23)24-21(27)15(2)25-7-9-26(10-8-25)17-6-4-5-16(22)12-17/h4-6,11-13,15H,7-10H2,1-3H3,(H,24,27)/t15-/m1/s1. The summed E-state index contributed by atoms with van der Waals surface area (Å²) in [5.41, 5.74) is 2.64. The highest BCUT2D eigenvalue weighted by Crippen LogP contribution is 2.31. The van der Waals surface area contributed by atoms with Gasteiger partial charge in [0.2, 0.25) is 5.91 Å². The van der Waals surface area contributed by atoms with Gasteiger partial charge in [0, 0.05) is 48.0 Å². The molecule has 0 spiro atoms. The first-order valence-electron chi connectivity index (χ1n) is 9.28. The number of nitrogens with zero attached hydrogens (tertiary/aromatic N) is 2. The zero-order valence-electron chi connectivity index (χ0n) is 16.3. The Labute approximate surface area is 176 Å². The number of ether oxygens (including phenoxy) is 1. The monoisotopic (exact) mass is 421 g/mol. The van der Waals surface area contributed by atoms with E-state index >= 15 is 0 Å². The summed E-state index contributed by atoms with van der Waals surface area (Å²) in [6, 6.07) is 11.2. The SMILES string of the molecule is COc1cc(Cl)c(C)cc1NC(=O)[C@@H](C)N1CCN(c2cccc(Cl)c2)CC1. The second kappa shape index (κ2) is 9.03. The molecular weight excluding hydrogens is 397 g/mol. The molecule has 1 saturated heterocycles. The van der Waals surface area contributed by atoms with E-state index < -0.39 is 0 Å². The van der Waals surface area contributed by atoms with E-state index in [1.807, 2.05) is 38.1 Å². The molecule has 28 heavy (non-hydrogen) atoms. The molecule has 150 valence electrons. The topological polar surface area (TPSA) is 44.8 Å². The number of anilines is 2. The van der Waals surface area contributed by atoms with Crippen molar-refractivity contribution in [1.82, 2.24) is 4.90 Å². The van der Waals surface area contributed by atoms with Gasteiger partial charge in [-0.15, -0.1) is 0 Å². The Kier molecular flexibility index (Phi) is 6.70. The Morgan fingerprint density at radius 3 is 2.50 bits per heavy atom. The zero-order chi connectivity index (χ0) is 20.3. The number of carbonyl (C=O) groups excluding carboxylic acids is 1. The Balaban J connectivity index is 1.61. The van der Waals surface area contributed by atoms with Crippen LogP contribution in [0.1, 0.15) is 12.5 Å². The number of piperazine rings is 1. The maximum atomic E-state index is 12.8. The molecule has 1 N–H and O–H groups in total. The number of aryl methyl sites for hydroxylation is 1. The second-order valence-electron chi connectivity index (χ2n) is 6.97. The number of hydrogen-bond donors (Lipinski definition) is 1. The van der Waals surface area contributed by atoms with Gasteiger partial charge >= 0.3 is 0 Å². The average Bonchev–Trinajstić information content (AvgIpc) is 2.70. The lowest BCUT2D eigenvalue weighted by Crippen LogP contribution is -2.52. The lowest BCUT2D eigenvalue weighted by molar-refractivity contribution is -0.120. The number of benzene rings is 2. The van der Waals surface area contributed by atoms with Gasteiger partial charge in [-0.3, -0.25) is 9.69 Å². The number of methoxy groups -OCH3 is 1. The molecule has 1 fully saturated rings. The van der Waals surface area contributed by atoms with E-state index in [0.717, 1.165) is 42.5 Å². The second-order valence-corrected chi connectivity index (χ2v) is 7.81. The van der Waals surface area contributed by atoms with Crippen LogP contribution < -0.4 is 15.0 Å². The van der Waals surface area contributed by atoms with Crippen LogP contribution in [0.4, 0.5) is 11.4 Å². The molecule has 2 aromatic carbocycles. The van der Waals surface area contributed by atoms with Crippen LogP contribution in [0.5, 0.6) is 5.75 Å². The lowest BCUT2D eigenvalue weighted by atomic mass is 10.1. The molecule has 0 radical (unpaired) electrons. The predicted molar refractivity (Wildman–Crippen MR) is 116 cm³/mol. The molecule has 1 heterocycles. The average molecular weight is 422 g/mol. The van der Waals surface area contributed by atoms with Crippen molar-refractivity contribution in [1.29, 1.82) is 0 Å². The van der Waals surface area contributed by atoms with Crippen LogP contribution in [0.2, 0.25) is 10.0 Å². The quantitative estimate of drug-likeness (QED) is 0.773. The van der Waals surface area contributed by atoms with Crippen LogP contribution in [0.15, 0.2) is 36.4 Å². The van der Waals surface area contributed by atoms with E-state index in [1.165, 1.54) is 0 Å². The first-order valence-corrected chi connectivity index (χ1v) is 10.0. The van der Waals surface area contributed by atoms with Crippen molar-refractivity contribution in [2.45, 2.75) is 19.9 Å². The fraction of sp³-hybridized carbons (Fsp3) is 0.381. The minimum Gasteiger partial charge on any atom is -0.495 e. The highest BCUT2D eigenvalue weighted by atomic mass is 35.5. The molecule has 1 aliphatic heterocycles. The number of hydrogen-bond acceptors (Lipinski definition) is 4. The summed E-state index contributed by atoms with van der Waals surface area (Å²) in [6.07, 6.45) is 0. The number of carbonyl (C=O) groups is 1. The fourth-order valence-electron chi connectivity index (χ4n) is 3.37. The van der Waals surface area contributed by atoms with Crippen LogP contribution in [0.25, 0.3) is 0 Å². The molecule has 2 aromatic rings. The molecule has 1 aliphatic rings. The van der Waals surface area contributed by atoms with Gasteiger partial charge in [0.15, 0.2) is 0 Å². The van der Waals surface area contributed by atoms with Gasteiger partial charge in [-0.1, -0.05) is 29.3 Å². The minimum absolute atomic E-state index is 0.0590. The molecule has 0 bridgehead atoms. The minimum atomic E-state index is -0.248. The number of halogens is 2. The van der Waals surface area contributed by atoms with Gasteiger partial charge < -0.3 is 15.0 Å². The van der Waals surface area contributed by atoms with Crippen LogP contribution >= 0.6 is 23.2 Å². The molecular formula is C21H25Cl2N3O2. The van der Waals surface area contributed by atoms with Crippen LogP contribution in [-0.4, -0.2) is 50.1 Å². The van der Waals surface area contributed by atoms with Crippen molar-refractivity contribution in [2.75, 3.05) is 43.5 Å². The van der Waals surface area contributed by atoms with Crippen LogP contribution in [-0.2, 0) is 4.79 Å². The largest absolute Gasteiger partial charge is 0.495 e. The zero-order valence-corrected chi connectivity index (χ0v) is 17.8. The first-order chi connectivity index (χ1) is 13.4. The van der Waals surface area contributed by atoms with E-state index in [2.05, 4.69) is 21.2 Å². The van der Waals surface area contributed by atoms with E-state index in [0.29, 0.717) is 16.5 Å². The number of rotatable bonds is 5. The van der Waals surface area contributed by atoms with Crippen molar-refractivity contribution in [3.8, 4) is 5.75 Å². The smallest absolute Gasteiger partial charge is 0.241 e. The van der Waals surface area contributed by atoms with Crippen molar-refractivity contribution >= 4 is 40.5 Å². The summed E-state index contributed by atoms with van der Waals surface area (Å²) in [5, 5.41) is 4.33. The van der Waals surface area contributed by atoms with Crippen molar-refractivity contribution < 1.29 is 9.53 Å². The van der Waals surface area contributed by atoms with Gasteiger partial charge in [-0.2, -0.15) is 0 Å².